The molecule has 1 aliphatic heterocycles. The number of hydrogen-bond acceptors (Lipinski definition) is 4. The average Bonchev–Trinajstić information content (AvgIpc) is 2.78. The van der Waals surface area contributed by atoms with Crippen LogP contribution in [0.3, 0.4) is 0 Å². The summed E-state index contributed by atoms with van der Waals surface area (Å²) in [5.74, 6) is -0.611. The number of nitriles is 1. The monoisotopic (exact) mass is 408 g/mol. The van der Waals surface area contributed by atoms with E-state index in [1.165, 1.54) is 12.1 Å². The van der Waals surface area contributed by atoms with E-state index >= 15 is 0 Å². The lowest BCUT2D eigenvalue weighted by Gasteiger charge is -2.33. The molecule has 0 radical (unpaired) electrons. The molecule has 2 aromatic carbocycles. The molecular formula is C23H25FN4O2. The molecule has 1 fully saturated rings. The second kappa shape index (κ2) is 9.88. The van der Waals surface area contributed by atoms with Crippen LogP contribution in [0.1, 0.15) is 34.3 Å². The molecule has 0 atom stereocenters. The van der Waals surface area contributed by atoms with Crippen LogP contribution in [-0.4, -0.2) is 38.5 Å². The first-order valence-corrected chi connectivity index (χ1v) is 10.0. The number of benzene rings is 2. The number of halogens is 1. The van der Waals surface area contributed by atoms with Gasteiger partial charge in [0.1, 0.15) is 11.9 Å². The molecule has 0 aromatic heterocycles. The number of carbonyl (C=O) groups excluding carboxylic acids is 2. The van der Waals surface area contributed by atoms with Crippen LogP contribution in [0.4, 0.5) is 10.1 Å². The van der Waals surface area contributed by atoms with Gasteiger partial charge in [-0.2, -0.15) is 5.26 Å². The van der Waals surface area contributed by atoms with Crippen LogP contribution < -0.4 is 15.5 Å². The first-order valence-electron chi connectivity index (χ1n) is 10.0. The molecule has 156 valence electrons. The third-order valence-corrected chi connectivity index (χ3v) is 5.41. The summed E-state index contributed by atoms with van der Waals surface area (Å²) in [5, 5.41) is 14.8. The van der Waals surface area contributed by atoms with Gasteiger partial charge in [0.2, 0.25) is 5.91 Å². The van der Waals surface area contributed by atoms with E-state index in [2.05, 4.69) is 10.6 Å². The molecule has 30 heavy (non-hydrogen) atoms. The average molecular weight is 408 g/mol. The number of amides is 2. The van der Waals surface area contributed by atoms with Gasteiger partial charge in [-0.3, -0.25) is 9.59 Å². The Morgan fingerprint density at radius 2 is 1.97 bits per heavy atom. The first-order chi connectivity index (χ1) is 14.5. The summed E-state index contributed by atoms with van der Waals surface area (Å²) < 4.78 is 13.3. The van der Waals surface area contributed by atoms with Crippen molar-refractivity contribution in [3.8, 4) is 6.07 Å². The summed E-state index contributed by atoms with van der Waals surface area (Å²) in [7, 11) is 1.59. The fourth-order valence-corrected chi connectivity index (χ4v) is 3.74. The molecule has 0 aliphatic carbocycles. The Kier molecular flexibility index (Phi) is 7.02. The van der Waals surface area contributed by atoms with E-state index < -0.39 is 5.82 Å². The molecule has 1 aliphatic rings. The highest BCUT2D eigenvalue weighted by molar-refractivity contribution is 5.94. The Morgan fingerprint density at radius 1 is 1.20 bits per heavy atom. The maximum absolute atomic E-state index is 13.3. The van der Waals surface area contributed by atoms with Gasteiger partial charge < -0.3 is 15.5 Å². The van der Waals surface area contributed by atoms with E-state index in [0.717, 1.165) is 5.56 Å². The standard InChI is InChI=1S/C23H25FN4O2/c1-26-22(29)18-4-2-3-16(13-18)7-10-27-23(30)17-8-11-28(12-9-17)21-6-5-20(24)14-19(21)15-25/h2-6,13-14,17H,7-12H2,1H3,(H,26,29)(H,27,30). The van der Waals surface area contributed by atoms with Crippen molar-refractivity contribution in [1.29, 1.82) is 5.26 Å². The van der Waals surface area contributed by atoms with Crippen LogP contribution in [0.2, 0.25) is 0 Å². The van der Waals surface area contributed by atoms with Crippen LogP contribution in [0.5, 0.6) is 0 Å². The van der Waals surface area contributed by atoms with Gasteiger partial charge in [-0.1, -0.05) is 12.1 Å². The van der Waals surface area contributed by atoms with Crippen molar-refractivity contribution in [3.63, 3.8) is 0 Å². The fraction of sp³-hybridized carbons (Fsp3) is 0.348. The van der Waals surface area contributed by atoms with Gasteiger partial charge in [0.05, 0.1) is 11.3 Å². The summed E-state index contributed by atoms with van der Waals surface area (Å²) in [6.45, 7) is 1.80. The fourth-order valence-electron chi connectivity index (χ4n) is 3.74. The second-order valence-corrected chi connectivity index (χ2v) is 7.36. The maximum Gasteiger partial charge on any atom is 0.251 e. The summed E-state index contributed by atoms with van der Waals surface area (Å²) >= 11 is 0. The number of nitrogens with one attached hydrogen (secondary N) is 2. The number of hydrogen-bond donors (Lipinski definition) is 2. The molecule has 6 nitrogen and oxygen atoms in total. The highest BCUT2D eigenvalue weighted by atomic mass is 19.1. The van der Waals surface area contributed by atoms with E-state index in [9.17, 15) is 19.2 Å². The molecule has 0 bridgehead atoms. The molecule has 1 saturated heterocycles. The zero-order chi connectivity index (χ0) is 21.5. The Labute approximate surface area is 175 Å². The highest BCUT2D eigenvalue weighted by Crippen LogP contribution is 2.26. The minimum absolute atomic E-state index is 0.0247. The van der Waals surface area contributed by atoms with Gasteiger partial charge in [-0.15, -0.1) is 0 Å². The highest BCUT2D eigenvalue weighted by Gasteiger charge is 2.26. The number of anilines is 1. The van der Waals surface area contributed by atoms with E-state index in [-0.39, 0.29) is 17.7 Å². The van der Waals surface area contributed by atoms with Crippen LogP contribution in [0.15, 0.2) is 42.5 Å². The SMILES string of the molecule is CNC(=O)c1cccc(CCNC(=O)C2CCN(c3ccc(F)cc3C#N)CC2)c1. The number of nitrogens with zero attached hydrogens (tertiary/aromatic N) is 2. The van der Waals surface area contributed by atoms with E-state index in [0.29, 0.717) is 55.7 Å². The van der Waals surface area contributed by atoms with Crippen molar-refractivity contribution in [2.75, 3.05) is 31.6 Å². The molecule has 2 aromatic rings. The van der Waals surface area contributed by atoms with Crippen molar-refractivity contribution in [3.05, 3.63) is 65.0 Å². The summed E-state index contributed by atoms with van der Waals surface area (Å²) in [5.41, 5.74) is 2.63. The largest absolute Gasteiger partial charge is 0.370 e. The third kappa shape index (κ3) is 5.15. The molecule has 7 heteroatoms. The van der Waals surface area contributed by atoms with E-state index in [1.807, 2.05) is 29.2 Å². The number of piperidine rings is 1. The number of rotatable bonds is 6. The third-order valence-electron chi connectivity index (χ3n) is 5.41. The molecule has 0 unspecified atom stereocenters. The normalized spacial score (nSPS) is 14.1. The van der Waals surface area contributed by atoms with Crippen molar-refractivity contribution in [2.45, 2.75) is 19.3 Å². The molecule has 1 heterocycles. The molecule has 0 spiro atoms. The Hall–Kier alpha value is -3.40. The van der Waals surface area contributed by atoms with Crippen molar-refractivity contribution in [2.24, 2.45) is 5.92 Å². The lowest BCUT2D eigenvalue weighted by molar-refractivity contribution is -0.125. The minimum atomic E-state index is -0.426. The summed E-state index contributed by atoms with van der Waals surface area (Å²) in [6.07, 6.45) is 2.01. The second-order valence-electron chi connectivity index (χ2n) is 7.36. The zero-order valence-electron chi connectivity index (χ0n) is 17.0. The van der Waals surface area contributed by atoms with E-state index in [1.54, 1.807) is 19.2 Å². The molecule has 3 rings (SSSR count). The predicted octanol–water partition coefficient (Wildman–Crippen LogP) is 2.63. The zero-order valence-corrected chi connectivity index (χ0v) is 17.0. The lowest BCUT2D eigenvalue weighted by atomic mass is 9.95. The first kappa shape index (κ1) is 21.3. The van der Waals surface area contributed by atoms with Gasteiger partial charge in [-0.25, -0.2) is 4.39 Å². The van der Waals surface area contributed by atoms with Gasteiger partial charge >= 0.3 is 0 Å². The number of carbonyl (C=O) groups is 2. The topological polar surface area (TPSA) is 85.2 Å². The minimum Gasteiger partial charge on any atom is -0.370 e. The van der Waals surface area contributed by atoms with Crippen molar-refractivity contribution >= 4 is 17.5 Å². The van der Waals surface area contributed by atoms with Gasteiger partial charge in [-0.05, 0) is 55.2 Å². The quantitative estimate of drug-likeness (QED) is 0.770. The molecule has 2 N–H and O–H groups in total. The summed E-state index contributed by atoms with van der Waals surface area (Å²) in [6, 6.07) is 13.6. The smallest absolute Gasteiger partial charge is 0.251 e. The van der Waals surface area contributed by atoms with Crippen LogP contribution >= 0.6 is 0 Å². The van der Waals surface area contributed by atoms with Crippen LogP contribution in [-0.2, 0) is 11.2 Å². The van der Waals surface area contributed by atoms with Gasteiger partial charge in [0.25, 0.3) is 5.91 Å². The van der Waals surface area contributed by atoms with Gasteiger partial charge in [0, 0.05) is 38.2 Å². The van der Waals surface area contributed by atoms with Crippen LogP contribution in [0, 0.1) is 23.1 Å². The molecule has 2 amide bonds. The Balaban J connectivity index is 1.48. The van der Waals surface area contributed by atoms with Gasteiger partial charge in [0.15, 0.2) is 0 Å². The maximum atomic E-state index is 13.3. The van der Waals surface area contributed by atoms with Crippen molar-refractivity contribution in [1.82, 2.24) is 10.6 Å². The molecular weight excluding hydrogens is 383 g/mol. The van der Waals surface area contributed by atoms with Crippen LogP contribution in [0.25, 0.3) is 0 Å². The van der Waals surface area contributed by atoms with Crippen molar-refractivity contribution < 1.29 is 14.0 Å². The van der Waals surface area contributed by atoms with E-state index in [4.69, 9.17) is 0 Å². The molecule has 0 saturated carbocycles. The Morgan fingerprint density at radius 3 is 2.67 bits per heavy atom. The Bertz CT molecular complexity index is 962. The lowest BCUT2D eigenvalue weighted by Crippen LogP contribution is -2.41. The summed E-state index contributed by atoms with van der Waals surface area (Å²) in [4.78, 5) is 26.3. The predicted molar refractivity (Wildman–Crippen MR) is 113 cm³/mol.